The summed E-state index contributed by atoms with van der Waals surface area (Å²) in [6.45, 7) is 9.17. The summed E-state index contributed by atoms with van der Waals surface area (Å²) >= 11 is 0. The van der Waals surface area contributed by atoms with Crippen molar-refractivity contribution in [2.45, 2.75) is 33.4 Å². The standard InChI is InChI=1S/C10H16N2O/c1-4-5-11-6-7-12(10(11)13)8-9(2)3/h6-7H,2,4-5,8H2,1,3H3. The molecule has 72 valence electrons. The van der Waals surface area contributed by atoms with Crippen molar-refractivity contribution < 1.29 is 0 Å². The summed E-state index contributed by atoms with van der Waals surface area (Å²) in [5, 5.41) is 0. The van der Waals surface area contributed by atoms with E-state index in [1.54, 1.807) is 9.13 Å². The minimum atomic E-state index is 0.0600. The van der Waals surface area contributed by atoms with Crippen molar-refractivity contribution in [3.05, 3.63) is 35.0 Å². The third-order valence-electron chi connectivity index (χ3n) is 1.82. The van der Waals surface area contributed by atoms with Gasteiger partial charge < -0.3 is 0 Å². The Bertz CT molecular complexity index is 346. The molecule has 1 aromatic heterocycles. The fourth-order valence-corrected chi connectivity index (χ4v) is 1.28. The van der Waals surface area contributed by atoms with Gasteiger partial charge >= 0.3 is 5.69 Å². The van der Waals surface area contributed by atoms with E-state index in [1.807, 2.05) is 19.3 Å². The molecule has 0 N–H and O–H groups in total. The summed E-state index contributed by atoms with van der Waals surface area (Å²) in [4.78, 5) is 11.6. The Morgan fingerprint density at radius 1 is 1.46 bits per heavy atom. The van der Waals surface area contributed by atoms with E-state index in [1.165, 1.54) is 0 Å². The zero-order valence-electron chi connectivity index (χ0n) is 8.29. The first-order valence-electron chi connectivity index (χ1n) is 4.55. The van der Waals surface area contributed by atoms with Gasteiger partial charge in [0.15, 0.2) is 0 Å². The number of nitrogens with zero attached hydrogens (tertiary/aromatic N) is 2. The maximum Gasteiger partial charge on any atom is 0.328 e. The molecule has 1 aromatic rings. The van der Waals surface area contributed by atoms with Gasteiger partial charge in [-0.15, -0.1) is 0 Å². The van der Waals surface area contributed by atoms with Crippen LogP contribution in [0.5, 0.6) is 0 Å². The number of hydrogen-bond donors (Lipinski definition) is 0. The summed E-state index contributed by atoms with van der Waals surface area (Å²) in [6, 6.07) is 0. The molecule has 0 spiro atoms. The molecule has 0 saturated heterocycles. The SMILES string of the molecule is C=C(C)Cn1ccn(CCC)c1=O. The molecule has 0 aromatic carbocycles. The average Bonchev–Trinajstić information content (AvgIpc) is 2.36. The largest absolute Gasteiger partial charge is 0.328 e. The highest BCUT2D eigenvalue weighted by Gasteiger charge is 2.00. The predicted octanol–water partition coefficient (Wildman–Crippen LogP) is 1.64. The smallest absolute Gasteiger partial charge is 0.299 e. The number of imidazole rings is 1. The van der Waals surface area contributed by atoms with E-state index in [9.17, 15) is 4.79 Å². The highest BCUT2D eigenvalue weighted by molar-refractivity contribution is 4.92. The zero-order chi connectivity index (χ0) is 9.84. The van der Waals surface area contributed by atoms with E-state index in [2.05, 4.69) is 13.5 Å². The van der Waals surface area contributed by atoms with Gasteiger partial charge in [0.25, 0.3) is 0 Å². The topological polar surface area (TPSA) is 26.9 Å². The second-order valence-corrected chi connectivity index (χ2v) is 3.36. The predicted molar refractivity (Wildman–Crippen MR) is 53.8 cm³/mol. The number of rotatable bonds is 4. The van der Waals surface area contributed by atoms with E-state index < -0.39 is 0 Å². The van der Waals surface area contributed by atoms with Crippen LogP contribution in [0.1, 0.15) is 20.3 Å². The van der Waals surface area contributed by atoms with E-state index in [0.717, 1.165) is 18.5 Å². The van der Waals surface area contributed by atoms with Crippen LogP contribution >= 0.6 is 0 Å². The average molecular weight is 180 g/mol. The summed E-state index contributed by atoms with van der Waals surface area (Å²) in [5.74, 6) is 0. The van der Waals surface area contributed by atoms with Crippen molar-refractivity contribution in [3.8, 4) is 0 Å². The number of allylic oxidation sites excluding steroid dienone is 1. The van der Waals surface area contributed by atoms with E-state index in [0.29, 0.717) is 6.54 Å². The van der Waals surface area contributed by atoms with Crippen LogP contribution in [-0.2, 0) is 13.1 Å². The fourth-order valence-electron chi connectivity index (χ4n) is 1.28. The molecule has 3 nitrogen and oxygen atoms in total. The van der Waals surface area contributed by atoms with Gasteiger partial charge in [-0.3, -0.25) is 9.13 Å². The first-order chi connectivity index (χ1) is 6.15. The van der Waals surface area contributed by atoms with E-state index >= 15 is 0 Å². The molecule has 1 heterocycles. The van der Waals surface area contributed by atoms with Crippen molar-refractivity contribution in [1.82, 2.24) is 9.13 Å². The first kappa shape index (κ1) is 9.84. The van der Waals surface area contributed by atoms with Crippen LogP contribution < -0.4 is 5.69 Å². The Labute approximate surface area is 78.3 Å². The lowest BCUT2D eigenvalue weighted by molar-refractivity contribution is 0.622. The third-order valence-corrected chi connectivity index (χ3v) is 1.82. The zero-order valence-corrected chi connectivity index (χ0v) is 8.29. The number of aromatic nitrogens is 2. The van der Waals surface area contributed by atoms with Gasteiger partial charge in [-0.2, -0.15) is 0 Å². The van der Waals surface area contributed by atoms with Crippen molar-refractivity contribution in [3.63, 3.8) is 0 Å². The molecule has 0 radical (unpaired) electrons. The molecule has 3 heteroatoms. The van der Waals surface area contributed by atoms with Gasteiger partial charge in [0.1, 0.15) is 0 Å². The van der Waals surface area contributed by atoms with Crippen LogP contribution in [0.2, 0.25) is 0 Å². The molecule has 0 bridgehead atoms. The number of hydrogen-bond acceptors (Lipinski definition) is 1. The van der Waals surface area contributed by atoms with Gasteiger partial charge in [0, 0.05) is 25.5 Å². The van der Waals surface area contributed by atoms with E-state index in [4.69, 9.17) is 0 Å². The molecule has 0 amide bonds. The summed E-state index contributed by atoms with van der Waals surface area (Å²) in [5.41, 5.74) is 1.06. The van der Waals surface area contributed by atoms with Crippen LogP contribution in [0.15, 0.2) is 29.3 Å². The van der Waals surface area contributed by atoms with Crippen LogP contribution in [0.4, 0.5) is 0 Å². The Morgan fingerprint density at radius 2 is 2.08 bits per heavy atom. The Kier molecular flexibility index (Phi) is 3.12. The molecule has 0 atom stereocenters. The fraction of sp³-hybridized carbons (Fsp3) is 0.500. The second kappa shape index (κ2) is 4.12. The molecular formula is C10H16N2O. The Hall–Kier alpha value is -1.25. The van der Waals surface area contributed by atoms with Crippen molar-refractivity contribution in [2.24, 2.45) is 0 Å². The molecule has 0 unspecified atom stereocenters. The van der Waals surface area contributed by atoms with Crippen LogP contribution in [-0.4, -0.2) is 9.13 Å². The van der Waals surface area contributed by atoms with Crippen molar-refractivity contribution in [1.29, 1.82) is 0 Å². The Balaban J connectivity index is 2.86. The molecule has 0 fully saturated rings. The monoisotopic (exact) mass is 180 g/mol. The van der Waals surface area contributed by atoms with Crippen molar-refractivity contribution in [2.75, 3.05) is 0 Å². The van der Waals surface area contributed by atoms with Gasteiger partial charge in [0.2, 0.25) is 0 Å². The molecule has 13 heavy (non-hydrogen) atoms. The lowest BCUT2D eigenvalue weighted by atomic mass is 10.3. The van der Waals surface area contributed by atoms with Gasteiger partial charge in [0.05, 0.1) is 0 Å². The quantitative estimate of drug-likeness (QED) is 0.647. The lowest BCUT2D eigenvalue weighted by Crippen LogP contribution is -2.24. The normalized spacial score (nSPS) is 10.3. The minimum Gasteiger partial charge on any atom is -0.299 e. The summed E-state index contributed by atoms with van der Waals surface area (Å²) < 4.78 is 3.40. The van der Waals surface area contributed by atoms with Gasteiger partial charge in [-0.05, 0) is 13.3 Å². The van der Waals surface area contributed by atoms with E-state index in [-0.39, 0.29) is 5.69 Å². The van der Waals surface area contributed by atoms with Gasteiger partial charge in [-0.1, -0.05) is 19.1 Å². The second-order valence-electron chi connectivity index (χ2n) is 3.36. The summed E-state index contributed by atoms with van der Waals surface area (Å²) in [7, 11) is 0. The third kappa shape index (κ3) is 2.34. The van der Waals surface area contributed by atoms with Crippen molar-refractivity contribution >= 4 is 0 Å². The van der Waals surface area contributed by atoms with Crippen LogP contribution in [0.25, 0.3) is 0 Å². The highest BCUT2D eigenvalue weighted by atomic mass is 16.1. The molecule has 0 aliphatic heterocycles. The maximum absolute atomic E-state index is 11.6. The molecule has 0 aliphatic carbocycles. The molecular weight excluding hydrogens is 164 g/mol. The Morgan fingerprint density at radius 3 is 2.62 bits per heavy atom. The molecule has 1 rings (SSSR count). The lowest BCUT2D eigenvalue weighted by Gasteiger charge is -1.99. The number of aryl methyl sites for hydroxylation is 1. The van der Waals surface area contributed by atoms with Crippen LogP contribution in [0.3, 0.4) is 0 Å². The first-order valence-corrected chi connectivity index (χ1v) is 4.55. The molecule has 0 saturated carbocycles. The molecule has 0 aliphatic rings. The highest BCUT2D eigenvalue weighted by Crippen LogP contribution is 1.93. The van der Waals surface area contributed by atoms with Gasteiger partial charge in [-0.25, -0.2) is 4.79 Å². The van der Waals surface area contributed by atoms with Crippen LogP contribution in [0, 0.1) is 0 Å². The summed E-state index contributed by atoms with van der Waals surface area (Å²) in [6.07, 6.45) is 4.62. The minimum absolute atomic E-state index is 0.0600. The maximum atomic E-state index is 11.6.